The molecule has 2 atom stereocenters. The Kier molecular flexibility index (Phi) is 50.6. The Morgan fingerprint density at radius 3 is 0.857 bits per heavy atom. The number of amides is 1. The molecule has 8 heteroatoms. The minimum atomic E-state index is -4.69. The molecule has 378 valence electrons. The summed E-state index contributed by atoms with van der Waals surface area (Å²) in [5.74, 6) is -0.185. The lowest BCUT2D eigenvalue weighted by atomic mass is 10.0. The first kappa shape index (κ1) is 62.5. The zero-order valence-corrected chi connectivity index (χ0v) is 43.4. The number of rotatable bonds is 54. The van der Waals surface area contributed by atoms with Gasteiger partial charge in [0.2, 0.25) is 5.91 Å². The predicted octanol–water partition coefficient (Wildman–Crippen LogP) is 18.1. The molecule has 0 saturated heterocycles. The lowest BCUT2D eigenvalue weighted by Crippen LogP contribution is -2.46. The molecule has 0 aromatic heterocycles. The standard InChI is InChI=1S/C55H112NO6P/c1-3-5-7-9-11-13-15-17-19-20-21-22-23-24-25-26-27-28-29-30-31-32-33-34-35-36-37-39-41-43-45-47-49-51-55(58)56-53(52-62-63(59,60)61)54(57)50-48-46-44-42-40-38-18-16-14-12-10-8-6-4-2/h53-54,57H,3-52H2,1-2H3,(H,56,58)(H2,59,60,61)/t53-,54+/m0/s1. The van der Waals surface area contributed by atoms with Crippen LogP contribution in [0.3, 0.4) is 0 Å². The maximum Gasteiger partial charge on any atom is 0.469 e. The molecule has 0 aliphatic carbocycles. The van der Waals surface area contributed by atoms with Crippen molar-refractivity contribution < 1.29 is 28.8 Å². The quantitative estimate of drug-likeness (QED) is 0.0357. The fourth-order valence-corrected chi connectivity index (χ4v) is 9.65. The number of nitrogens with one attached hydrogen (secondary N) is 1. The van der Waals surface area contributed by atoms with E-state index in [4.69, 9.17) is 4.52 Å². The van der Waals surface area contributed by atoms with Gasteiger partial charge in [-0.05, 0) is 12.8 Å². The molecule has 0 aromatic carbocycles. The number of carbonyl (C=O) groups is 1. The summed E-state index contributed by atoms with van der Waals surface area (Å²) in [5, 5.41) is 13.6. The molecular weight excluding hydrogens is 802 g/mol. The molecular formula is C55H112NO6P. The van der Waals surface area contributed by atoms with Gasteiger partial charge < -0.3 is 20.2 Å². The highest BCUT2D eigenvalue weighted by Gasteiger charge is 2.25. The number of unbranched alkanes of at least 4 members (excludes halogenated alkanes) is 45. The molecule has 0 saturated carbocycles. The monoisotopic (exact) mass is 914 g/mol. The van der Waals surface area contributed by atoms with Crippen molar-refractivity contribution in [2.45, 2.75) is 341 Å². The third-order valence-corrected chi connectivity index (χ3v) is 14.1. The minimum absolute atomic E-state index is 0.185. The summed E-state index contributed by atoms with van der Waals surface area (Å²) in [4.78, 5) is 31.1. The van der Waals surface area contributed by atoms with Crippen LogP contribution in [0.15, 0.2) is 0 Å². The molecule has 0 rings (SSSR count). The lowest BCUT2D eigenvalue weighted by Gasteiger charge is -2.24. The van der Waals surface area contributed by atoms with Crippen molar-refractivity contribution >= 4 is 13.7 Å². The van der Waals surface area contributed by atoms with Gasteiger partial charge in [-0.25, -0.2) is 4.57 Å². The number of phosphoric acid groups is 1. The van der Waals surface area contributed by atoms with Crippen molar-refractivity contribution in [3.63, 3.8) is 0 Å². The number of aliphatic hydroxyl groups excluding tert-OH is 1. The fourth-order valence-electron chi connectivity index (χ4n) is 9.29. The summed E-state index contributed by atoms with van der Waals surface area (Å²) in [6.07, 6.45) is 62.9. The van der Waals surface area contributed by atoms with Crippen LogP contribution in [-0.4, -0.2) is 39.6 Å². The van der Waals surface area contributed by atoms with Crippen molar-refractivity contribution in [3.8, 4) is 0 Å². The molecule has 0 heterocycles. The minimum Gasteiger partial charge on any atom is -0.391 e. The highest BCUT2D eigenvalue weighted by Crippen LogP contribution is 2.36. The van der Waals surface area contributed by atoms with Gasteiger partial charge in [-0.2, -0.15) is 0 Å². The van der Waals surface area contributed by atoms with Gasteiger partial charge in [0.25, 0.3) is 0 Å². The van der Waals surface area contributed by atoms with Crippen molar-refractivity contribution in [3.05, 3.63) is 0 Å². The third-order valence-electron chi connectivity index (χ3n) is 13.6. The second kappa shape index (κ2) is 50.9. The van der Waals surface area contributed by atoms with E-state index in [0.29, 0.717) is 12.8 Å². The molecule has 0 aromatic rings. The van der Waals surface area contributed by atoms with Crippen LogP contribution in [0.5, 0.6) is 0 Å². The van der Waals surface area contributed by atoms with E-state index in [9.17, 15) is 24.3 Å². The van der Waals surface area contributed by atoms with E-state index in [1.165, 1.54) is 263 Å². The summed E-state index contributed by atoms with van der Waals surface area (Å²) in [5.41, 5.74) is 0. The van der Waals surface area contributed by atoms with Crippen LogP contribution in [0.4, 0.5) is 0 Å². The van der Waals surface area contributed by atoms with Gasteiger partial charge in [0.1, 0.15) is 0 Å². The Morgan fingerprint density at radius 1 is 0.397 bits per heavy atom. The summed E-state index contributed by atoms with van der Waals surface area (Å²) in [6, 6.07) is -0.819. The average Bonchev–Trinajstić information content (AvgIpc) is 3.26. The lowest BCUT2D eigenvalue weighted by molar-refractivity contribution is -0.123. The van der Waals surface area contributed by atoms with Crippen LogP contribution < -0.4 is 5.32 Å². The largest absolute Gasteiger partial charge is 0.469 e. The number of hydrogen-bond donors (Lipinski definition) is 4. The van der Waals surface area contributed by atoms with Gasteiger partial charge in [-0.3, -0.25) is 9.32 Å². The van der Waals surface area contributed by atoms with E-state index in [1.54, 1.807) is 0 Å². The molecule has 0 unspecified atom stereocenters. The number of aliphatic hydroxyl groups is 1. The van der Waals surface area contributed by atoms with E-state index >= 15 is 0 Å². The molecule has 7 nitrogen and oxygen atoms in total. The summed E-state index contributed by atoms with van der Waals surface area (Å²) >= 11 is 0. The van der Waals surface area contributed by atoms with Crippen molar-refractivity contribution in [2.75, 3.05) is 6.61 Å². The van der Waals surface area contributed by atoms with Crippen LogP contribution in [-0.2, 0) is 13.9 Å². The van der Waals surface area contributed by atoms with Gasteiger partial charge in [0, 0.05) is 6.42 Å². The molecule has 1 amide bonds. The van der Waals surface area contributed by atoms with Gasteiger partial charge in [0.05, 0.1) is 18.8 Å². The average molecular weight is 914 g/mol. The van der Waals surface area contributed by atoms with Gasteiger partial charge >= 0.3 is 7.82 Å². The predicted molar refractivity (Wildman–Crippen MR) is 274 cm³/mol. The van der Waals surface area contributed by atoms with E-state index in [1.807, 2.05) is 0 Å². The zero-order chi connectivity index (χ0) is 46.0. The Balaban J connectivity index is 3.60. The van der Waals surface area contributed by atoms with Crippen LogP contribution in [0.2, 0.25) is 0 Å². The Morgan fingerprint density at radius 2 is 0.619 bits per heavy atom. The number of carbonyl (C=O) groups excluding carboxylic acids is 1. The van der Waals surface area contributed by atoms with Gasteiger partial charge in [0.15, 0.2) is 0 Å². The molecule has 0 radical (unpaired) electrons. The fraction of sp³-hybridized carbons (Fsp3) is 0.982. The Labute approximate surface area is 393 Å². The van der Waals surface area contributed by atoms with Crippen LogP contribution in [0.25, 0.3) is 0 Å². The number of hydrogen-bond acceptors (Lipinski definition) is 4. The van der Waals surface area contributed by atoms with E-state index in [0.717, 1.165) is 38.5 Å². The van der Waals surface area contributed by atoms with Crippen LogP contribution in [0.1, 0.15) is 328 Å². The maximum absolute atomic E-state index is 12.7. The SMILES string of the molecule is CCCCCCCCCCCCCCCCCCCCCCCCCCCCCCCCCCCC(=O)N[C@@H](COP(=O)(O)O)[C@H](O)CCCCCCCCCCCCCCCC. The van der Waals surface area contributed by atoms with Gasteiger partial charge in [-0.1, -0.05) is 309 Å². The van der Waals surface area contributed by atoms with Crippen LogP contribution in [0, 0.1) is 0 Å². The smallest absolute Gasteiger partial charge is 0.391 e. The van der Waals surface area contributed by atoms with Crippen LogP contribution >= 0.6 is 7.82 Å². The number of phosphoric ester groups is 1. The third kappa shape index (κ3) is 52.4. The zero-order valence-electron chi connectivity index (χ0n) is 42.5. The Hall–Kier alpha value is -0.460. The highest BCUT2D eigenvalue weighted by atomic mass is 31.2. The second-order valence-electron chi connectivity index (χ2n) is 20.0. The topological polar surface area (TPSA) is 116 Å². The molecule has 0 aliphatic heterocycles. The van der Waals surface area contributed by atoms with Crippen molar-refractivity contribution in [2.24, 2.45) is 0 Å². The Bertz CT molecular complexity index is 946. The van der Waals surface area contributed by atoms with Gasteiger partial charge in [-0.15, -0.1) is 0 Å². The molecule has 0 spiro atoms. The first-order valence-electron chi connectivity index (χ1n) is 28.5. The maximum atomic E-state index is 12.7. The van der Waals surface area contributed by atoms with Crippen molar-refractivity contribution in [1.29, 1.82) is 0 Å². The summed E-state index contributed by atoms with van der Waals surface area (Å²) < 4.78 is 16.0. The molecule has 63 heavy (non-hydrogen) atoms. The first-order valence-corrected chi connectivity index (χ1v) is 30.0. The van der Waals surface area contributed by atoms with E-state index in [2.05, 4.69) is 19.2 Å². The first-order chi connectivity index (χ1) is 30.8. The highest BCUT2D eigenvalue weighted by molar-refractivity contribution is 7.46. The summed E-state index contributed by atoms with van der Waals surface area (Å²) in [6.45, 7) is 4.17. The van der Waals surface area contributed by atoms with Crippen molar-refractivity contribution in [1.82, 2.24) is 5.32 Å². The van der Waals surface area contributed by atoms with E-state index in [-0.39, 0.29) is 5.91 Å². The van der Waals surface area contributed by atoms with E-state index < -0.39 is 26.6 Å². The molecule has 0 bridgehead atoms. The normalized spacial score (nSPS) is 12.9. The summed E-state index contributed by atoms with van der Waals surface area (Å²) in [7, 11) is -4.69. The molecule has 0 aliphatic rings. The molecule has 0 fully saturated rings. The molecule has 4 N–H and O–H groups in total. The second-order valence-corrected chi connectivity index (χ2v) is 21.2.